The SMILES string of the molecule is Cc1ncsc1CCCNc1nccnc1C#N. The van der Waals surface area contributed by atoms with Crippen molar-refractivity contribution in [3.05, 3.63) is 34.2 Å². The van der Waals surface area contributed by atoms with Crippen molar-refractivity contribution in [2.75, 3.05) is 11.9 Å². The van der Waals surface area contributed by atoms with Crippen LogP contribution >= 0.6 is 11.3 Å². The van der Waals surface area contributed by atoms with Crippen molar-refractivity contribution in [2.45, 2.75) is 19.8 Å². The summed E-state index contributed by atoms with van der Waals surface area (Å²) < 4.78 is 0. The lowest BCUT2D eigenvalue weighted by atomic mass is 10.2. The van der Waals surface area contributed by atoms with Crippen LogP contribution in [0.4, 0.5) is 5.82 Å². The maximum absolute atomic E-state index is 8.86. The zero-order valence-corrected chi connectivity index (χ0v) is 10.9. The van der Waals surface area contributed by atoms with Crippen molar-refractivity contribution in [3.63, 3.8) is 0 Å². The molecule has 1 N–H and O–H groups in total. The lowest BCUT2D eigenvalue weighted by molar-refractivity contribution is 0.860. The fourth-order valence-electron chi connectivity index (χ4n) is 1.57. The average Bonchev–Trinajstić information content (AvgIpc) is 2.81. The maximum atomic E-state index is 8.86. The van der Waals surface area contributed by atoms with Crippen LogP contribution in [0.15, 0.2) is 17.9 Å². The summed E-state index contributed by atoms with van der Waals surface area (Å²) in [6.07, 6.45) is 5.07. The fraction of sp³-hybridized carbons (Fsp3) is 0.333. The van der Waals surface area contributed by atoms with Gasteiger partial charge in [-0.3, -0.25) is 0 Å². The van der Waals surface area contributed by atoms with Gasteiger partial charge < -0.3 is 5.32 Å². The first-order chi connectivity index (χ1) is 8.81. The molecule has 0 aromatic carbocycles. The molecular formula is C12H13N5S. The minimum Gasteiger partial charge on any atom is -0.368 e. The molecule has 6 heteroatoms. The number of nitrogens with one attached hydrogen (secondary N) is 1. The van der Waals surface area contributed by atoms with Crippen molar-refractivity contribution in [2.24, 2.45) is 0 Å². The van der Waals surface area contributed by atoms with Gasteiger partial charge in [0, 0.05) is 23.8 Å². The number of anilines is 1. The van der Waals surface area contributed by atoms with Gasteiger partial charge in [0.1, 0.15) is 6.07 Å². The van der Waals surface area contributed by atoms with Crippen molar-refractivity contribution >= 4 is 17.2 Å². The number of nitriles is 1. The predicted octanol–water partition coefficient (Wildman–Crippen LogP) is 2.16. The molecule has 0 aliphatic heterocycles. The molecule has 18 heavy (non-hydrogen) atoms. The van der Waals surface area contributed by atoms with Gasteiger partial charge in [-0.1, -0.05) is 0 Å². The van der Waals surface area contributed by atoms with Crippen LogP contribution < -0.4 is 5.32 Å². The zero-order chi connectivity index (χ0) is 12.8. The normalized spacial score (nSPS) is 10.0. The number of hydrogen-bond acceptors (Lipinski definition) is 6. The first-order valence-corrected chi connectivity index (χ1v) is 6.53. The second-order valence-corrected chi connectivity index (χ2v) is 4.70. The van der Waals surface area contributed by atoms with Crippen LogP contribution in [0.2, 0.25) is 0 Å². The van der Waals surface area contributed by atoms with Crippen LogP contribution in [0, 0.1) is 18.3 Å². The third kappa shape index (κ3) is 3.02. The Bertz CT molecular complexity index is 558. The van der Waals surface area contributed by atoms with Crippen LogP contribution in [0.5, 0.6) is 0 Å². The van der Waals surface area contributed by atoms with E-state index < -0.39 is 0 Å². The summed E-state index contributed by atoms with van der Waals surface area (Å²) in [7, 11) is 0. The standard InChI is InChI=1S/C12H13N5S/c1-9-11(18-8-17-9)3-2-4-15-12-10(7-13)14-5-6-16-12/h5-6,8H,2-4H2,1H3,(H,15,16). The minimum atomic E-state index is 0.339. The van der Waals surface area contributed by atoms with Gasteiger partial charge in [-0.15, -0.1) is 11.3 Å². The molecule has 2 heterocycles. The Balaban J connectivity index is 1.82. The highest BCUT2D eigenvalue weighted by atomic mass is 32.1. The van der Waals surface area contributed by atoms with E-state index in [0.717, 1.165) is 25.1 Å². The summed E-state index contributed by atoms with van der Waals surface area (Å²) >= 11 is 1.68. The van der Waals surface area contributed by atoms with Gasteiger partial charge in [0.15, 0.2) is 11.5 Å². The molecule has 2 rings (SSSR count). The van der Waals surface area contributed by atoms with E-state index in [1.165, 1.54) is 11.1 Å². The van der Waals surface area contributed by atoms with Crippen LogP contribution in [0.25, 0.3) is 0 Å². The third-order valence-electron chi connectivity index (χ3n) is 2.52. The molecule has 0 aliphatic carbocycles. The topological polar surface area (TPSA) is 74.5 Å². The summed E-state index contributed by atoms with van der Waals surface area (Å²) in [5.41, 5.74) is 3.32. The van der Waals surface area contributed by atoms with Crippen LogP contribution in [-0.4, -0.2) is 21.5 Å². The zero-order valence-electron chi connectivity index (χ0n) is 10.1. The number of hydrogen-bond donors (Lipinski definition) is 1. The van der Waals surface area contributed by atoms with Gasteiger partial charge in [0.05, 0.1) is 11.2 Å². The molecule has 2 aromatic rings. The molecule has 0 radical (unpaired) electrons. The van der Waals surface area contributed by atoms with Gasteiger partial charge in [0.2, 0.25) is 0 Å². The molecule has 5 nitrogen and oxygen atoms in total. The molecule has 0 aliphatic rings. The molecule has 0 spiro atoms. The van der Waals surface area contributed by atoms with Crippen molar-refractivity contribution < 1.29 is 0 Å². The molecule has 0 unspecified atom stereocenters. The monoisotopic (exact) mass is 259 g/mol. The largest absolute Gasteiger partial charge is 0.368 e. The van der Waals surface area contributed by atoms with Gasteiger partial charge in [-0.05, 0) is 19.8 Å². The van der Waals surface area contributed by atoms with E-state index in [1.54, 1.807) is 17.5 Å². The lowest BCUT2D eigenvalue weighted by Gasteiger charge is -2.05. The van der Waals surface area contributed by atoms with Crippen LogP contribution in [-0.2, 0) is 6.42 Å². The third-order valence-corrected chi connectivity index (χ3v) is 3.52. The molecule has 0 saturated heterocycles. The summed E-state index contributed by atoms with van der Waals surface area (Å²) in [5, 5.41) is 12.0. The molecule has 0 saturated carbocycles. The first-order valence-electron chi connectivity index (χ1n) is 5.65. The van der Waals surface area contributed by atoms with Crippen molar-refractivity contribution in [1.82, 2.24) is 15.0 Å². The quantitative estimate of drug-likeness (QED) is 0.833. The highest BCUT2D eigenvalue weighted by molar-refractivity contribution is 7.09. The summed E-state index contributed by atoms with van der Waals surface area (Å²) in [4.78, 5) is 13.6. The smallest absolute Gasteiger partial charge is 0.182 e. The number of aryl methyl sites for hydroxylation is 2. The molecule has 0 amide bonds. The second-order valence-electron chi connectivity index (χ2n) is 3.76. The van der Waals surface area contributed by atoms with Gasteiger partial charge >= 0.3 is 0 Å². The van der Waals surface area contributed by atoms with E-state index in [-0.39, 0.29) is 0 Å². The van der Waals surface area contributed by atoms with Gasteiger partial charge in [-0.25, -0.2) is 15.0 Å². The Labute approximate surface area is 110 Å². The summed E-state index contributed by atoms with van der Waals surface area (Å²) in [6.45, 7) is 2.79. The number of rotatable bonds is 5. The fourth-order valence-corrected chi connectivity index (χ4v) is 2.39. The van der Waals surface area contributed by atoms with E-state index >= 15 is 0 Å². The number of aromatic nitrogens is 3. The van der Waals surface area contributed by atoms with E-state index in [2.05, 4.69) is 20.3 Å². The van der Waals surface area contributed by atoms with Crippen molar-refractivity contribution in [3.8, 4) is 6.07 Å². The van der Waals surface area contributed by atoms with Gasteiger partial charge in [0.25, 0.3) is 0 Å². The van der Waals surface area contributed by atoms with Crippen LogP contribution in [0.3, 0.4) is 0 Å². The lowest BCUT2D eigenvalue weighted by Crippen LogP contribution is -2.07. The van der Waals surface area contributed by atoms with E-state index in [0.29, 0.717) is 11.5 Å². The molecule has 92 valence electrons. The minimum absolute atomic E-state index is 0.339. The van der Waals surface area contributed by atoms with E-state index in [1.807, 2.05) is 18.5 Å². The Hall–Kier alpha value is -2.00. The summed E-state index contributed by atoms with van der Waals surface area (Å²) in [6, 6.07) is 2.02. The Morgan fingerprint density at radius 1 is 1.33 bits per heavy atom. The Morgan fingerprint density at radius 3 is 2.89 bits per heavy atom. The van der Waals surface area contributed by atoms with E-state index in [4.69, 9.17) is 5.26 Å². The highest BCUT2D eigenvalue weighted by Crippen LogP contribution is 2.14. The number of thiazole rings is 1. The predicted molar refractivity (Wildman–Crippen MR) is 70.4 cm³/mol. The molecule has 0 fully saturated rings. The Morgan fingerprint density at radius 2 is 2.17 bits per heavy atom. The Kier molecular flexibility index (Phi) is 4.20. The second kappa shape index (κ2) is 6.07. The summed E-state index contributed by atoms with van der Waals surface area (Å²) in [5.74, 6) is 0.557. The molecule has 0 atom stereocenters. The highest BCUT2D eigenvalue weighted by Gasteiger charge is 2.04. The molecule has 0 bridgehead atoms. The first kappa shape index (κ1) is 12.5. The average molecular weight is 259 g/mol. The van der Waals surface area contributed by atoms with Crippen LogP contribution in [0.1, 0.15) is 22.7 Å². The van der Waals surface area contributed by atoms with E-state index in [9.17, 15) is 0 Å². The number of nitrogens with zero attached hydrogens (tertiary/aromatic N) is 4. The van der Waals surface area contributed by atoms with Gasteiger partial charge in [-0.2, -0.15) is 5.26 Å². The maximum Gasteiger partial charge on any atom is 0.182 e. The van der Waals surface area contributed by atoms with Crippen molar-refractivity contribution in [1.29, 1.82) is 5.26 Å². The molecular weight excluding hydrogens is 246 g/mol. The molecule has 2 aromatic heterocycles.